The summed E-state index contributed by atoms with van der Waals surface area (Å²) >= 11 is 0. The van der Waals surface area contributed by atoms with Gasteiger partial charge in [-0.1, -0.05) is 13.0 Å². The van der Waals surface area contributed by atoms with E-state index in [0.717, 1.165) is 12.1 Å². The Balaban J connectivity index is 2.74. The quantitative estimate of drug-likeness (QED) is 0.629. The maximum Gasteiger partial charge on any atom is 0.225 e. The van der Waals surface area contributed by atoms with Gasteiger partial charge in [-0.05, 0) is 43.7 Å². The summed E-state index contributed by atoms with van der Waals surface area (Å²) < 4.78 is 41.1. The van der Waals surface area contributed by atoms with Crippen molar-refractivity contribution in [3.8, 4) is 0 Å². The largest absolute Gasteiger partial charge is 0.327 e. The topological polar surface area (TPSA) is 68.2 Å². The summed E-state index contributed by atoms with van der Waals surface area (Å²) in [6.45, 7) is 9.19. The van der Waals surface area contributed by atoms with Crippen LogP contribution in [0.25, 0.3) is 0 Å². The third-order valence-electron chi connectivity index (χ3n) is 4.06. The van der Waals surface area contributed by atoms with E-state index in [9.17, 15) is 17.6 Å². The van der Waals surface area contributed by atoms with Gasteiger partial charge in [0, 0.05) is 18.7 Å². The van der Waals surface area contributed by atoms with Crippen molar-refractivity contribution in [1.82, 2.24) is 4.57 Å². The number of amides is 1. The maximum absolute atomic E-state index is 13.2. The molecule has 7 heteroatoms. The van der Waals surface area contributed by atoms with E-state index < -0.39 is 15.7 Å². The lowest BCUT2D eigenvalue weighted by Gasteiger charge is -2.12. The number of sulfone groups is 1. The Kier molecular flexibility index (Phi) is 5.47. The summed E-state index contributed by atoms with van der Waals surface area (Å²) in [5.41, 5.74) is 1.25. The van der Waals surface area contributed by atoms with Crippen LogP contribution in [0.3, 0.4) is 0 Å². The van der Waals surface area contributed by atoms with Crippen molar-refractivity contribution in [2.75, 3.05) is 5.32 Å². The Morgan fingerprint density at radius 1 is 1.28 bits per heavy atom. The molecule has 2 aromatic rings. The van der Waals surface area contributed by atoms with Crippen LogP contribution in [0.5, 0.6) is 0 Å². The molecule has 5 nitrogen and oxygen atoms in total. The van der Waals surface area contributed by atoms with Gasteiger partial charge < -0.3 is 9.88 Å². The molecule has 1 amide bonds. The van der Waals surface area contributed by atoms with Crippen molar-refractivity contribution < 1.29 is 17.6 Å². The van der Waals surface area contributed by atoms with Gasteiger partial charge in [-0.3, -0.25) is 4.79 Å². The number of benzene rings is 1. The molecule has 1 aromatic heterocycles. The number of hydrogen-bond acceptors (Lipinski definition) is 3. The third kappa shape index (κ3) is 3.51. The highest BCUT2D eigenvalue weighted by Gasteiger charge is 2.30. The van der Waals surface area contributed by atoms with Gasteiger partial charge >= 0.3 is 0 Å². The highest BCUT2D eigenvalue weighted by molar-refractivity contribution is 7.91. The summed E-state index contributed by atoms with van der Waals surface area (Å²) in [5.74, 6) is -0.597. The molecule has 0 fully saturated rings. The second-order valence-electron chi connectivity index (χ2n) is 5.65. The molecule has 0 radical (unpaired) electrons. The number of carbonyl (C=O) groups is 1. The fraction of sp³-hybridized carbons (Fsp3) is 0.278. The second kappa shape index (κ2) is 7.23. The first kappa shape index (κ1) is 18.9. The molecule has 0 spiro atoms. The van der Waals surface area contributed by atoms with E-state index in [-0.39, 0.29) is 27.9 Å². The first-order valence-electron chi connectivity index (χ1n) is 7.85. The van der Waals surface area contributed by atoms with Crippen molar-refractivity contribution in [3.63, 3.8) is 0 Å². The van der Waals surface area contributed by atoms with E-state index in [2.05, 4.69) is 11.9 Å². The minimum Gasteiger partial charge on any atom is -0.327 e. The van der Waals surface area contributed by atoms with E-state index >= 15 is 0 Å². The summed E-state index contributed by atoms with van der Waals surface area (Å²) in [4.78, 5) is 11.9. The highest BCUT2D eigenvalue weighted by Crippen LogP contribution is 2.35. The van der Waals surface area contributed by atoms with Crippen LogP contribution in [0, 0.1) is 19.7 Å². The lowest BCUT2D eigenvalue weighted by atomic mass is 10.3. The molecule has 0 aliphatic rings. The van der Waals surface area contributed by atoms with Crippen molar-refractivity contribution in [3.05, 3.63) is 54.0 Å². The molecule has 2 rings (SSSR count). The SMILES string of the molecule is C=CCn1c(C)c(C)c(S(=O)(=O)c2ccc(F)cc2)c1NC(=O)CC. The normalized spacial score (nSPS) is 11.4. The van der Waals surface area contributed by atoms with Crippen molar-refractivity contribution in [2.24, 2.45) is 0 Å². The van der Waals surface area contributed by atoms with Crippen LogP contribution in [0.2, 0.25) is 0 Å². The van der Waals surface area contributed by atoms with Gasteiger partial charge in [-0.2, -0.15) is 0 Å². The molecular formula is C18H21FN2O3S. The van der Waals surface area contributed by atoms with Crippen molar-refractivity contribution >= 4 is 21.6 Å². The second-order valence-corrected chi connectivity index (χ2v) is 7.53. The number of rotatable bonds is 6. The Hall–Kier alpha value is -2.41. The van der Waals surface area contributed by atoms with Crippen LogP contribution in [0.4, 0.5) is 10.2 Å². The molecule has 0 saturated heterocycles. The molecule has 1 aromatic carbocycles. The lowest BCUT2D eigenvalue weighted by Crippen LogP contribution is -2.16. The Morgan fingerprint density at radius 2 is 1.88 bits per heavy atom. The number of nitrogens with zero attached hydrogens (tertiary/aromatic N) is 1. The summed E-state index contributed by atoms with van der Waals surface area (Å²) in [7, 11) is -3.93. The number of hydrogen-bond donors (Lipinski definition) is 1. The van der Waals surface area contributed by atoms with Crippen LogP contribution in [-0.4, -0.2) is 18.9 Å². The molecule has 0 saturated carbocycles. The molecule has 0 aliphatic heterocycles. The minimum atomic E-state index is -3.93. The van der Waals surface area contributed by atoms with Crippen LogP contribution >= 0.6 is 0 Å². The van der Waals surface area contributed by atoms with Crippen LogP contribution in [0.1, 0.15) is 24.6 Å². The standard InChI is InChI=1S/C18H21FN2O3S/c1-5-11-21-13(4)12(3)17(18(21)20-16(22)6-2)25(23,24)15-9-7-14(19)8-10-15/h5,7-10H,1,6,11H2,2-4H3,(H,20,22). The van der Waals surface area contributed by atoms with Gasteiger partial charge in [0.05, 0.1) is 4.90 Å². The van der Waals surface area contributed by atoms with Gasteiger partial charge in [0.25, 0.3) is 0 Å². The number of anilines is 1. The molecule has 1 N–H and O–H groups in total. The van der Waals surface area contributed by atoms with Crippen LogP contribution < -0.4 is 5.32 Å². The van der Waals surface area contributed by atoms with E-state index in [1.807, 2.05) is 0 Å². The van der Waals surface area contributed by atoms with Gasteiger partial charge in [-0.15, -0.1) is 6.58 Å². The van der Waals surface area contributed by atoms with Gasteiger partial charge in [0.2, 0.25) is 15.7 Å². The minimum absolute atomic E-state index is 0.0280. The summed E-state index contributed by atoms with van der Waals surface area (Å²) in [6, 6.07) is 4.63. The van der Waals surface area contributed by atoms with Crippen LogP contribution in [0.15, 0.2) is 46.7 Å². The zero-order valence-corrected chi connectivity index (χ0v) is 15.3. The van der Waals surface area contributed by atoms with E-state index in [1.165, 1.54) is 12.1 Å². The molecule has 25 heavy (non-hydrogen) atoms. The molecule has 0 unspecified atom stereocenters. The monoisotopic (exact) mass is 364 g/mol. The van der Waals surface area contributed by atoms with E-state index in [1.54, 1.807) is 31.4 Å². The number of carbonyl (C=O) groups excluding carboxylic acids is 1. The van der Waals surface area contributed by atoms with Crippen molar-refractivity contribution in [1.29, 1.82) is 0 Å². The fourth-order valence-corrected chi connectivity index (χ4v) is 4.29. The van der Waals surface area contributed by atoms with E-state index in [0.29, 0.717) is 17.8 Å². The predicted octanol–water partition coefficient (Wildman–Crippen LogP) is 3.61. The zero-order chi connectivity index (χ0) is 18.8. The van der Waals surface area contributed by atoms with E-state index in [4.69, 9.17) is 0 Å². The lowest BCUT2D eigenvalue weighted by molar-refractivity contribution is -0.115. The molecule has 1 heterocycles. The van der Waals surface area contributed by atoms with Gasteiger partial charge in [0.1, 0.15) is 16.5 Å². The highest BCUT2D eigenvalue weighted by atomic mass is 32.2. The first-order chi connectivity index (χ1) is 11.7. The fourth-order valence-electron chi connectivity index (χ4n) is 2.60. The number of nitrogens with one attached hydrogen (secondary N) is 1. The Labute approximate surface area is 147 Å². The number of allylic oxidation sites excluding steroid dienone is 1. The number of aromatic nitrogens is 1. The van der Waals surface area contributed by atoms with Crippen molar-refractivity contribution in [2.45, 2.75) is 43.5 Å². The molecular weight excluding hydrogens is 343 g/mol. The molecule has 0 atom stereocenters. The Morgan fingerprint density at radius 3 is 2.40 bits per heavy atom. The third-order valence-corrected chi connectivity index (χ3v) is 5.99. The average Bonchev–Trinajstić information content (AvgIpc) is 2.80. The molecule has 0 aliphatic carbocycles. The van der Waals surface area contributed by atoms with Gasteiger partial charge in [0.15, 0.2) is 0 Å². The number of halogens is 1. The zero-order valence-electron chi connectivity index (χ0n) is 14.5. The predicted molar refractivity (Wildman–Crippen MR) is 94.9 cm³/mol. The smallest absolute Gasteiger partial charge is 0.225 e. The summed E-state index contributed by atoms with van der Waals surface area (Å²) in [5, 5.41) is 2.69. The first-order valence-corrected chi connectivity index (χ1v) is 9.33. The van der Waals surface area contributed by atoms with Crippen LogP contribution in [-0.2, 0) is 21.2 Å². The maximum atomic E-state index is 13.2. The van der Waals surface area contributed by atoms with Gasteiger partial charge in [-0.25, -0.2) is 12.8 Å². The Bertz CT molecular complexity index is 913. The molecule has 134 valence electrons. The average molecular weight is 364 g/mol. The summed E-state index contributed by atoms with van der Waals surface area (Å²) in [6.07, 6.45) is 1.84. The molecule has 0 bridgehead atoms.